The van der Waals surface area contributed by atoms with Gasteiger partial charge in [0.1, 0.15) is 12.6 Å². The first kappa shape index (κ1) is 25.8. The van der Waals surface area contributed by atoms with Crippen LogP contribution in [0.15, 0.2) is 48.5 Å². The number of nitrogens with zero attached hydrogens (tertiary/aromatic N) is 1. The van der Waals surface area contributed by atoms with Gasteiger partial charge in [-0.25, -0.2) is 4.79 Å². The van der Waals surface area contributed by atoms with Gasteiger partial charge >= 0.3 is 12.1 Å². The Morgan fingerprint density at radius 1 is 1.03 bits per heavy atom. The van der Waals surface area contributed by atoms with E-state index in [1.165, 1.54) is 0 Å². The van der Waals surface area contributed by atoms with Crippen molar-refractivity contribution in [2.24, 2.45) is 5.92 Å². The molecule has 3 N–H and O–H groups in total. The molecule has 0 saturated carbocycles. The van der Waals surface area contributed by atoms with Gasteiger partial charge in [-0.3, -0.25) is 9.59 Å². The SMILES string of the molecule is CC(C)C(CC(=O)O)NC(=O)C(CCCC#N)NC(=O)OCC1c2ccccc2-c2ccccc21. The molecule has 0 bridgehead atoms. The Kier molecular flexibility index (Phi) is 8.85. The smallest absolute Gasteiger partial charge is 0.407 e. The van der Waals surface area contributed by atoms with Crippen molar-refractivity contribution >= 4 is 18.0 Å². The highest BCUT2D eigenvalue weighted by Gasteiger charge is 2.30. The second-order valence-corrected chi connectivity index (χ2v) is 9.03. The summed E-state index contributed by atoms with van der Waals surface area (Å²) < 4.78 is 5.55. The minimum absolute atomic E-state index is 0.107. The van der Waals surface area contributed by atoms with E-state index < -0.39 is 30.1 Å². The van der Waals surface area contributed by atoms with E-state index >= 15 is 0 Å². The second-order valence-electron chi connectivity index (χ2n) is 9.03. The van der Waals surface area contributed by atoms with Gasteiger partial charge in [0.15, 0.2) is 0 Å². The number of ether oxygens (including phenoxy) is 1. The van der Waals surface area contributed by atoms with Gasteiger partial charge in [-0.15, -0.1) is 0 Å². The summed E-state index contributed by atoms with van der Waals surface area (Å²) in [5, 5.41) is 23.3. The maximum atomic E-state index is 12.9. The molecule has 2 aromatic rings. The monoisotopic (exact) mass is 477 g/mol. The fraction of sp³-hybridized carbons (Fsp3) is 0.407. The summed E-state index contributed by atoms with van der Waals surface area (Å²) in [5.41, 5.74) is 4.39. The highest BCUT2D eigenvalue weighted by Crippen LogP contribution is 2.44. The maximum absolute atomic E-state index is 12.9. The van der Waals surface area contributed by atoms with Crippen LogP contribution >= 0.6 is 0 Å². The summed E-state index contributed by atoms with van der Waals surface area (Å²) in [4.78, 5) is 36.8. The summed E-state index contributed by atoms with van der Waals surface area (Å²) in [5.74, 6) is -1.73. The van der Waals surface area contributed by atoms with Gasteiger partial charge in [0.2, 0.25) is 5.91 Å². The molecule has 0 saturated heterocycles. The van der Waals surface area contributed by atoms with Gasteiger partial charge in [0.05, 0.1) is 12.5 Å². The van der Waals surface area contributed by atoms with Gasteiger partial charge in [-0.05, 0) is 41.0 Å². The second kappa shape index (κ2) is 12.0. The highest BCUT2D eigenvalue weighted by molar-refractivity contribution is 5.86. The number of carbonyl (C=O) groups excluding carboxylic acids is 2. The molecular formula is C27H31N3O5. The van der Waals surface area contributed by atoms with E-state index in [2.05, 4.69) is 10.6 Å². The van der Waals surface area contributed by atoms with Crippen molar-refractivity contribution < 1.29 is 24.2 Å². The number of amides is 2. The van der Waals surface area contributed by atoms with Crippen LogP contribution in [0.3, 0.4) is 0 Å². The summed E-state index contributed by atoms with van der Waals surface area (Å²) in [6.07, 6.45) is -0.0772. The van der Waals surface area contributed by atoms with Crippen LogP contribution in [0.25, 0.3) is 11.1 Å². The van der Waals surface area contributed by atoms with Crippen molar-refractivity contribution in [3.63, 3.8) is 0 Å². The molecule has 1 aliphatic rings. The molecule has 0 radical (unpaired) electrons. The molecule has 0 fully saturated rings. The molecule has 8 nitrogen and oxygen atoms in total. The molecule has 2 aromatic carbocycles. The van der Waals surface area contributed by atoms with Gasteiger partial charge < -0.3 is 20.5 Å². The zero-order valence-electron chi connectivity index (χ0n) is 20.0. The number of alkyl carbamates (subject to hydrolysis) is 1. The number of hydrogen-bond donors (Lipinski definition) is 3. The third kappa shape index (κ3) is 6.60. The van der Waals surface area contributed by atoms with E-state index in [0.717, 1.165) is 22.3 Å². The topological polar surface area (TPSA) is 129 Å². The van der Waals surface area contributed by atoms with Crippen molar-refractivity contribution in [2.45, 2.75) is 57.5 Å². The van der Waals surface area contributed by atoms with Crippen LogP contribution in [0, 0.1) is 17.2 Å². The third-order valence-corrected chi connectivity index (χ3v) is 6.26. The van der Waals surface area contributed by atoms with E-state index in [9.17, 15) is 14.4 Å². The number of carboxylic acid groups (broad SMARTS) is 1. The lowest BCUT2D eigenvalue weighted by Gasteiger charge is -2.25. The van der Waals surface area contributed by atoms with E-state index in [-0.39, 0.29) is 37.7 Å². The summed E-state index contributed by atoms with van der Waals surface area (Å²) >= 11 is 0. The Bertz CT molecular complexity index is 1060. The van der Waals surface area contributed by atoms with Crippen molar-refractivity contribution in [1.29, 1.82) is 5.26 Å². The minimum Gasteiger partial charge on any atom is -0.481 e. The lowest BCUT2D eigenvalue weighted by atomic mass is 9.98. The summed E-state index contributed by atoms with van der Waals surface area (Å²) in [6, 6.07) is 16.5. The Morgan fingerprint density at radius 2 is 1.63 bits per heavy atom. The molecule has 0 spiro atoms. The fourth-order valence-electron chi connectivity index (χ4n) is 4.36. The molecule has 0 aromatic heterocycles. The number of unbranched alkanes of at least 4 members (excludes halogenated alkanes) is 1. The van der Waals surface area contributed by atoms with Crippen LogP contribution in [-0.2, 0) is 14.3 Å². The van der Waals surface area contributed by atoms with Crippen LogP contribution in [0.4, 0.5) is 4.79 Å². The van der Waals surface area contributed by atoms with Gasteiger partial charge in [-0.1, -0.05) is 62.4 Å². The average Bonchev–Trinajstić information content (AvgIpc) is 3.15. The van der Waals surface area contributed by atoms with Crippen LogP contribution in [0.5, 0.6) is 0 Å². The zero-order chi connectivity index (χ0) is 25.4. The molecule has 2 amide bonds. The van der Waals surface area contributed by atoms with Crippen LogP contribution in [0.2, 0.25) is 0 Å². The van der Waals surface area contributed by atoms with Crippen molar-refractivity contribution in [2.75, 3.05) is 6.61 Å². The Morgan fingerprint density at radius 3 is 2.17 bits per heavy atom. The van der Waals surface area contributed by atoms with E-state index in [1.807, 2.05) is 68.4 Å². The normalized spacial score (nSPS) is 13.8. The fourth-order valence-corrected chi connectivity index (χ4v) is 4.36. The first-order valence-electron chi connectivity index (χ1n) is 11.8. The van der Waals surface area contributed by atoms with Gasteiger partial charge in [-0.2, -0.15) is 5.26 Å². The van der Waals surface area contributed by atoms with Crippen molar-refractivity contribution in [3.8, 4) is 17.2 Å². The van der Waals surface area contributed by atoms with Crippen LogP contribution in [-0.4, -0.2) is 41.8 Å². The molecular weight excluding hydrogens is 446 g/mol. The molecule has 3 rings (SSSR count). The predicted octanol–water partition coefficient (Wildman–Crippen LogP) is 4.20. The van der Waals surface area contributed by atoms with Crippen LogP contribution < -0.4 is 10.6 Å². The molecule has 2 atom stereocenters. The number of fused-ring (bicyclic) bond motifs is 3. The Labute approximate surface area is 205 Å². The average molecular weight is 478 g/mol. The van der Waals surface area contributed by atoms with E-state index in [1.54, 1.807) is 0 Å². The quantitative estimate of drug-likeness (QED) is 0.416. The molecule has 184 valence electrons. The predicted molar refractivity (Wildman–Crippen MR) is 130 cm³/mol. The lowest BCUT2D eigenvalue weighted by molar-refractivity contribution is -0.138. The minimum atomic E-state index is -1.02. The maximum Gasteiger partial charge on any atom is 0.407 e. The summed E-state index contributed by atoms with van der Waals surface area (Å²) in [7, 11) is 0. The number of nitriles is 1. The number of nitrogens with one attached hydrogen (secondary N) is 2. The first-order chi connectivity index (χ1) is 16.8. The largest absolute Gasteiger partial charge is 0.481 e. The van der Waals surface area contributed by atoms with E-state index in [0.29, 0.717) is 6.42 Å². The van der Waals surface area contributed by atoms with Crippen molar-refractivity contribution in [1.82, 2.24) is 10.6 Å². The first-order valence-corrected chi connectivity index (χ1v) is 11.8. The molecule has 35 heavy (non-hydrogen) atoms. The van der Waals surface area contributed by atoms with Crippen LogP contribution in [0.1, 0.15) is 56.6 Å². The molecule has 2 unspecified atom stereocenters. The summed E-state index contributed by atoms with van der Waals surface area (Å²) in [6.45, 7) is 3.75. The number of aliphatic carboxylic acids is 1. The lowest BCUT2D eigenvalue weighted by Crippen LogP contribution is -2.51. The molecule has 0 aliphatic heterocycles. The third-order valence-electron chi connectivity index (χ3n) is 6.26. The Balaban J connectivity index is 1.66. The number of carbonyl (C=O) groups is 3. The Hall–Kier alpha value is -3.86. The highest BCUT2D eigenvalue weighted by atomic mass is 16.5. The molecule has 8 heteroatoms. The number of rotatable bonds is 11. The van der Waals surface area contributed by atoms with Crippen molar-refractivity contribution in [3.05, 3.63) is 59.7 Å². The number of hydrogen-bond acceptors (Lipinski definition) is 5. The number of carboxylic acids is 1. The molecule has 1 aliphatic carbocycles. The standard InChI is InChI=1S/C27H31N3O5/c1-17(2)24(15-25(31)32)29-26(33)23(13-7-8-14-28)30-27(34)35-16-22-20-11-5-3-9-18(20)19-10-4-6-12-21(19)22/h3-6,9-12,17,22-24H,7-8,13,15-16H2,1-2H3,(H,29,33)(H,30,34)(H,31,32). The van der Waals surface area contributed by atoms with Gasteiger partial charge in [0.25, 0.3) is 0 Å². The van der Waals surface area contributed by atoms with Gasteiger partial charge in [0, 0.05) is 18.4 Å². The molecule has 0 heterocycles. The van der Waals surface area contributed by atoms with E-state index in [4.69, 9.17) is 15.1 Å². The zero-order valence-corrected chi connectivity index (χ0v) is 20.0. The number of benzene rings is 2.